The third-order valence-corrected chi connectivity index (χ3v) is 6.73. The van der Waals surface area contributed by atoms with E-state index in [0.29, 0.717) is 18.8 Å². The summed E-state index contributed by atoms with van der Waals surface area (Å²) in [5, 5.41) is 0. The highest BCUT2D eigenvalue weighted by atomic mass is 32.2. The van der Waals surface area contributed by atoms with Gasteiger partial charge in [0.05, 0.1) is 11.2 Å². The van der Waals surface area contributed by atoms with Crippen LogP contribution in [0.25, 0.3) is 0 Å². The number of fused-ring (bicyclic) bond motifs is 2. The van der Waals surface area contributed by atoms with E-state index in [9.17, 15) is 13.2 Å². The maximum Gasteiger partial charge on any atom is 0.310 e. The molecule has 2 unspecified atom stereocenters. The van der Waals surface area contributed by atoms with Crippen molar-refractivity contribution in [2.24, 2.45) is 16.7 Å². The molecular weight excluding hydrogens is 290 g/mol. The van der Waals surface area contributed by atoms with Gasteiger partial charge in [0.2, 0.25) is 0 Å². The fourth-order valence-electron chi connectivity index (χ4n) is 3.98. The predicted molar refractivity (Wildman–Crippen MR) is 77.2 cm³/mol. The number of aromatic nitrogens is 1. The van der Waals surface area contributed by atoms with Crippen molar-refractivity contribution in [2.75, 3.05) is 5.75 Å². The van der Waals surface area contributed by atoms with Crippen molar-refractivity contribution in [1.82, 2.24) is 4.98 Å². The topological polar surface area (TPSA) is 73.3 Å². The van der Waals surface area contributed by atoms with Gasteiger partial charge in [0.15, 0.2) is 0 Å². The highest BCUT2D eigenvalue weighted by Crippen LogP contribution is 2.64. The summed E-state index contributed by atoms with van der Waals surface area (Å²) in [5.74, 6) is 0.371. The molecule has 3 rings (SSSR count). The predicted octanol–water partition coefficient (Wildman–Crippen LogP) is 2.19. The summed E-state index contributed by atoms with van der Waals surface area (Å²) in [6.07, 6.45) is 5.00. The highest BCUT2D eigenvalue weighted by Gasteiger charge is 2.65. The van der Waals surface area contributed by atoms with Crippen LogP contribution in [-0.2, 0) is 14.9 Å². The lowest BCUT2D eigenvalue weighted by molar-refractivity contribution is -0.128. The van der Waals surface area contributed by atoms with Gasteiger partial charge in [-0.2, -0.15) is 8.42 Å². The van der Waals surface area contributed by atoms with Crippen LogP contribution in [0, 0.1) is 16.7 Å². The first kappa shape index (κ1) is 14.5. The Morgan fingerprint density at radius 3 is 2.52 bits per heavy atom. The van der Waals surface area contributed by atoms with Crippen LogP contribution in [0.1, 0.15) is 33.1 Å². The summed E-state index contributed by atoms with van der Waals surface area (Å²) in [6.45, 7) is 4.02. The first-order valence-corrected chi connectivity index (χ1v) is 8.70. The van der Waals surface area contributed by atoms with Crippen molar-refractivity contribution < 1.29 is 17.4 Å². The molecule has 2 bridgehead atoms. The van der Waals surface area contributed by atoms with E-state index in [-0.39, 0.29) is 22.7 Å². The number of carbonyl (C=O) groups is 1. The fourth-order valence-corrected chi connectivity index (χ4v) is 5.72. The second-order valence-corrected chi connectivity index (χ2v) is 8.21. The van der Waals surface area contributed by atoms with Gasteiger partial charge in [0.25, 0.3) is 0 Å². The molecule has 1 heterocycles. The van der Waals surface area contributed by atoms with E-state index in [4.69, 9.17) is 4.18 Å². The Hall–Kier alpha value is -1.43. The monoisotopic (exact) mass is 309 g/mol. The van der Waals surface area contributed by atoms with E-state index >= 15 is 0 Å². The largest absolute Gasteiger partial charge is 0.382 e. The first-order valence-electron chi connectivity index (χ1n) is 7.12. The number of hydrogen-bond donors (Lipinski definition) is 0. The third-order valence-electron chi connectivity index (χ3n) is 5.44. The molecule has 0 N–H and O–H groups in total. The van der Waals surface area contributed by atoms with Crippen LogP contribution in [-0.4, -0.2) is 24.9 Å². The Bertz CT molecular complexity index is 668. The summed E-state index contributed by atoms with van der Waals surface area (Å²) in [6, 6.07) is 2.99. The van der Waals surface area contributed by atoms with E-state index < -0.39 is 15.5 Å². The Kier molecular flexibility index (Phi) is 3.13. The second kappa shape index (κ2) is 4.53. The van der Waals surface area contributed by atoms with Crippen LogP contribution >= 0.6 is 0 Å². The Morgan fingerprint density at radius 1 is 1.33 bits per heavy atom. The highest BCUT2D eigenvalue weighted by molar-refractivity contribution is 7.87. The molecule has 0 spiro atoms. The summed E-state index contributed by atoms with van der Waals surface area (Å²) in [5.41, 5.74) is -1.07. The smallest absolute Gasteiger partial charge is 0.310 e. The molecular formula is C15H19NO4S. The molecule has 2 fully saturated rings. The van der Waals surface area contributed by atoms with Gasteiger partial charge in [-0.3, -0.25) is 9.78 Å². The zero-order chi connectivity index (χ0) is 15.3. The van der Waals surface area contributed by atoms with Gasteiger partial charge in [0, 0.05) is 30.9 Å². The molecule has 2 aliphatic rings. The SMILES string of the molecule is CC1(C)C2CCC1(CS(=O)(=O)Oc1ccncc1)C(=O)C2. The van der Waals surface area contributed by atoms with Crippen LogP contribution in [0.2, 0.25) is 0 Å². The van der Waals surface area contributed by atoms with Crippen molar-refractivity contribution >= 4 is 15.9 Å². The maximum atomic E-state index is 12.4. The van der Waals surface area contributed by atoms with Crippen LogP contribution in [0.5, 0.6) is 5.75 Å². The minimum absolute atomic E-state index is 0.0747. The summed E-state index contributed by atoms with van der Waals surface area (Å²) in [4.78, 5) is 16.2. The minimum atomic E-state index is -3.81. The van der Waals surface area contributed by atoms with E-state index in [1.54, 1.807) is 0 Å². The molecule has 21 heavy (non-hydrogen) atoms. The number of Topliss-reactive ketones (excluding diaryl/α,β-unsaturated/α-hetero) is 1. The van der Waals surface area contributed by atoms with E-state index in [0.717, 1.165) is 6.42 Å². The number of pyridine rings is 1. The minimum Gasteiger partial charge on any atom is -0.382 e. The summed E-state index contributed by atoms with van der Waals surface area (Å²) >= 11 is 0. The Morgan fingerprint density at radius 2 is 2.00 bits per heavy atom. The zero-order valence-corrected chi connectivity index (χ0v) is 13.0. The summed E-state index contributed by atoms with van der Waals surface area (Å²) < 4.78 is 29.9. The van der Waals surface area contributed by atoms with Gasteiger partial charge in [-0.1, -0.05) is 13.8 Å². The molecule has 5 nitrogen and oxygen atoms in total. The molecule has 0 aliphatic heterocycles. The molecule has 0 aromatic carbocycles. The van der Waals surface area contributed by atoms with E-state index in [1.165, 1.54) is 24.5 Å². The van der Waals surface area contributed by atoms with E-state index in [1.807, 2.05) is 13.8 Å². The number of rotatable bonds is 4. The van der Waals surface area contributed by atoms with Crippen molar-refractivity contribution in [1.29, 1.82) is 0 Å². The van der Waals surface area contributed by atoms with Gasteiger partial charge in [-0.05, 0) is 24.2 Å². The lowest BCUT2D eigenvalue weighted by Crippen LogP contribution is -2.43. The first-order chi connectivity index (χ1) is 9.77. The number of ketones is 1. The normalized spacial score (nSPS) is 30.6. The molecule has 2 saturated carbocycles. The second-order valence-electron chi connectivity index (χ2n) is 6.63. The lowest BCUT2D eigenvalue weighted by atomic mass is 9.70. The lowest BCUT2D eigenvalue weighted by Gasteiger charge is -2.35. The van der Waals surface area contributed by atoms with Crippen LogP contribution in [0.3, 0.4) is 0 Å². The summed E-state index contributed by atoms with van der Waals surface area (Å²) in [7, 11) is -3.81. The van der Waals surface area contributed by atoms with Gasteiger partial charge < -0.3 is 4.18 Å². The quantitative estimate of drug-likeness (QED) is 0.797. The molecule has 2 atom stereocenters. The fraction of sp³-hybridized carbons (Fsp3) is 0.600. The molecule has 1 aromatic heterocycles. The molecule has 0 radical (unpaired) electrons. The van der Waals surface area contributed by atoms with Crippen molar-refractivity contribution in [3.8, 4) is 5.75 Å². The average molecular weight is 309 g/mol. The van der Waals surface area contributed by atoms with Crippen LogP contribution in [0.15, 0.2) is 24.5 Å². The van der Waals surface area contributed by atoms with Crippen LogP contribution in [0.4, 0.5) is 0 Å². The Balaban J connectivity index is 1.87. The third kappa shape index (κ3) is 2.16. The van der Waals surface area contributed by atoms with E-state index in [2.05, 4.69) is 4.98 Å². The molecule has 0 saturated heterocycles. The van der Waals surface area contributed by atoms with Crippen molar-refractivity contribution in [2.45, 2.75) is 33.1 Å². The van der Waals surface area contributed by atoms with Crippen LogP contribution < -0.4 is 4.18 Å². The van der Waals surface area contributed by atoms with Crippen molar-refractivity contribution in [3.05, 3.63) is 24.5 Å². The number of nitrogens with zero attached hydrogens (tertiary/aromatic N) is 1. The van der Waals surface area contributed by atoms with Gasteiger partial charge in [-0.25, -0.2) is 0 Å². The average Bonchev–Trinajstić information content (AvgIpc) is 2.72. The molecule has 1 aromatic rings. The Labute approximate surface area is 124 Å². The molecule has 6 heteroatoms. The van der Waals surface area contributed by atoms with Gasteiger partial charge in [0.1, 0.15) is 11.5 Å². The molecule has 2 aliphatic carbocycles. The maximum absolute atomic E-state index is 12.4. The standard InChI is InChI=1S/C15H19NO4S/c1-14(2)11-3-6-15(14,13(17)9-11)10-21(18,19)20-12-4-7-16-8-5-12/h4-5,7-8,11H,3,6,9-10H2,1-2H3. The van der Waals surface area contributed by atoms with Gasteiger partial charge >= 0.3 is 10.1 Å². The van der Waals surface area contributed by atoms with Gasteiger partial charge in [-0.15, -0.1) is 0 Å². The molecule has 0 amide bonds. The zero-order valence-electron chi connectivity index (χ0n) is 12.2. The number of hydrogen-bond acceptors (Lipinski definition) is 5. The number of carbonyl (C=O) groups excluding carboxylic acids is 1. The van der Waals surface area contributed by atoms with Crippen molar-refractivity contribution in [3.63, 3.8) is 0 Å². The molecule has 114 valence electrons.